The molecule has 0 heterocycles. The summed E-state index contributed by atoms with van der Waals surface area (Å²) >= 11 is 3.38. The molecule has 0 atom stereocenters. The molecule has 2 rings (SSSR count). The molecule has 5 nitrogen and oxygen atoms in total. The molecule has 1 N–H and O–H groups in total. The van der Waals surface area contributed by atoms with E-state index in [1.807, 2.05) is 6.07 Å². The van der Waals surface area contributed by atoms with Crippen LogP contribution in [0.3, 0.4) is 0 Å². The first-order chi connectivity index (χ1) is 9.60. The van der Waals surface area contributed by atoms with Crippen LogP contribution in [0.25, 0.3) is 0 Å². The van der Waals surface area contributed by atoms with Crippen molar-refractivity contribution in [1.29, 1.82) is 5.26 Å². The van der Waals surface area contributed by atoms with E-state index in [0.717, 1.165) is 15.7 Å². The minimum atomic E-state index is -0.416. The second-order valence-electron chi connectivity index (χ2n) is 4.09. The van der Waals surface area contributed by atoms with Gasteiger partial charge in [0.15, 0.2) is 0 Å². The quantitative estimate of drug-likeness (QED) is 0.681. The maximum Gasteiger partial charge on any atom is 0.269 e. The first-order valence-corrected chi connectivity index (χ1v) is 6.56. The summed E-state index contributed by atoms with van der Waals surface area (Å²) in [6.45, 7) is 0.464. The van der Waals surface area contributed by atoms with Crippen LogP contribution >= 0.6 is 15.9 Å². The molecule has 0 aliphatic rings. The molecular formula is C14H10BrN3O2. The van der Waals surface area contributed by atoms with E-state index >= 15 is 0 Å². The van der Waals surface area contributed by atoms with Crippen LogP contribution in [-0.2, 0) is 6.54 Å². The summed E-state index contributed by atoms with van der Waals surface area (Å²) in [5.41, 5.74) is 2.28. The Morgan fingerprint density at radius 1 is 1.30 bits per heavy atom. The second kappa shape index (κ2) is 6.17. The average molecular weight is 332 g/mol. The minimum Gasteiger partial charge on any atom is -0.380 e. The Morgan fingerprint density at radius 2 is 2.10 bits per heavy atom. The largest absolute Gasteiger partial charge is 0.380 e. The number of nitro groups is 1. The molecule has 100 valence electrons. The zero-order valence-corrected chi connectivity index (χ0v) is 11.9. The molecule has 20 heavy (non-hydrogen) atoms. The third-order valence-electron chi connectivity index (χ3n) is 2.70. The second-order valence-corrected chi connectivity index (χ2v) is 4.94. The number of hydrogen-bond acceptors (Lipinski definition) is 4. The smallest absolute Gasteiger partial charge is 0.269 e. The number of anilines is 1. The number of benzene rings is 2. The highest BCUT2D eigenvalue weighted by molar-refractivity contribution is 9.10. The van der Waals surface area contributed by atoms with Crippen LogP contribution in [-0.4, -0.2) is 4.92 Å². The van der Waals surface area contributed by atoms with Gasteiger partial charge in [0.2, 0.25) is 0 Å². The van der Waals surface area contributed by atoms with Crippen LogP contribution in [0.2, 0.25) is 0 Å². The molecule has 0 saturated carbocycles. The SMILES string of the molecule is N#Cc1ccc(NCc2cccc([N+](=O)[O-])c2)c(Br)c1. The van der Waals surface area contributed by atoms with E-state index in [2.05, 4.69) is 27.3 Å². The number of nitrogens with one attached hydrogen (secondary N) is 1. The molecule has 0 spiro atoms. The zero-order chi connectivity index (χ0) is 14.5. The standard InChI is InChI=1S/C14H10BrN3O2/c15-13-7-10(8-16)4-5-14(13)17-9-11-2-1-3-12(6-11)18(19)20/h1-7,17H,9H2. The lowest BCUT2D eigenvalue weighted by atomic mass is 10.2. The molecule has 0 aromatic heterocycles. The Morgan fingerprint density at radius 3 is 2.75 bits per heavy atom. The highest BCUT2D eigenvalue weighted by Crippen LogP contribution is 2.24. The first-order valence-electron chi connectivity index (χ1n) is 5.77. The fourth-order valence-corrected chi connectivity index (χ4v) is 2.22. The summed E-state index contributed by atoms with van der Waals surface area (Å²) in [6, 6.07) is 13.7. The number of rotatable bonds is 4. The fraction of sp³-hybridized carbons (Fsp3) is 0.0714. The lowest BCUT2D eigenvalue weighted by molar-refractivity contribution is -0.384. The predicted octanol–water partition coefficient (Wildman–Crippen LogP) is 3.84. The Hall–Kier alpha value is -2.39. The van der Waals surface area contributed by atoms with Crippen molar-refractivity contribution in [2.45, 2.75) is 6.54 Å². The van der Waals surface area contributed by atoms with E-state index < -0.39 is 4.92 Å². The zero-order valence-electron chi connectivity index (χ0n) is 10.3. The monoisotopic (exact) mass is 331 g/mol. The van der Waals surface area contributed by atoms with Gasteiger partial charge in [0.1, 0.15) is 0 Å². The van der Waals surface area contributed by atoms with E-state index in [1.165, 1.54) is 12.1 Å². The number of non-ortho nitro benzene ring substituents is 1. The fourth-order valence-electron chi connectivity index (χ4n) is 1.71. The molecule has 0 saturated heterocycles. The molecular weight excluding hydrogens is 322 g/mol. The lowest BCUT2D eigenvalue weighted by Crippen LogP contribution is -2.01. The molecule has 2 aromatic rings. The van der Waals surface area contributed by atoms with E-state index in [1.54, 1.807) is 24.3 Å². The number of halogens is 1. The van der Waals surface area contributed by atoms with Crippen molar-refractivity contribution in [3.05, 3.63) is 68.2 Å². The van der Waals surface area contributed by atoms with Crippen molar-refractivity contribution < 1.29 is 4.92 Å². The number of nitriles is 1. The van der Waals surface area contributed by atoms with E-state index in [0.29, 0.717) is 12.1 Å². The molecule has 0 bridgehead atoms. The molecule has 0 fully saturated rings. The molecule has 0 aliphatic heterocycles. The highest BCUT2D eigenvalue weighted by atomic mass is 79.9. The van der Waals surface area contributed by atoms with Gasteiger partial charge in [-0.3, -0.25) is 10.1 Å². The summed E-state index contributed by atoms with van der Waals surface area (Å²) in [6.07, 6.45) is 0. The molecule has 0 unspecified atom stereocenters. The third-order valence-corrected chi connectivity index (χ3v) is 3.36. The van der Waals surface area contributed by atoms with Crippen molar-refractivity contribution in [3.8, 4) is 6.07 Å². The van der Waals surface area contributed by atoms with Gasteiger partial charge in [-0.2, -0.15) is 5.26 Å². The summed E-state index contributed by atoms with van der Waals surface area (Å²) < 4.78 is 0.780. The predicted molar refractivity (Wildman–Crippen MR) is 79.3 cm³/mol. The van der Waals surface area contributed by atoms with Crippen molar-refractivity contribution in [3.63, 3.8) is 0 Å². The third kappa shape index (κ3) is 3.33. The van der Waals surface area contributed by atoms with Crippen molar-refractivity contribution in [1.82, 2.24) is 0 Å². The Bertz CT molecular complexity index is 695. The van der Waals surface area contributed by atoms with Crippen LogP contribution in [0.5, 0.6) is 0 Å². The van der Waals surface area contributed by atoms with E-state index in [-0.39, 0.29) is 5.69 Å². The van der Waals surface area contributed by atoms with Crippen molar-refractivity contribution in [2.24, 2.45) is 0 Å². The van der Waals surface area contributed by atoms with Crippen LogP contribution in [0.15, 0.2) is 46.9 Å². The maximum atomic E-state index is 10.7. The van der Waals surface area contributed by atoms with Crippen LogP contribution in [0.1, 0.15) is 11.1 Å². The van der Waals surface area contributed by atoms with Crippen LogP contribution in [0, 0.1) is 21.4 Å². The Labute approximate surface area is 124 Å². The summed E-state index contributed by atoms with van der Waals surface area (Å²) in [5.74, 6) is 0. The first kappa shape index (κ1) is 14.0. The lowest BCUT2D eigenvalue weighted by Gasteiger charge is -2.08. The van der Waals surface area contributed by atoms with Gasteiger partial charge in [0.25, 0.3) is 5.69 Å². The molecule has 0 aliphatic carbocycles. The number of hydrogen-bond donors (Lipinski definition) is 1. The normalized spacial score (nSPS) is 9.80. The Balaban J connectivity index is 2.11. The summed E-state index contributed by atoms with van der Waals surface area (Å²) in [7, 11) is 0. The molecule has 0 radical (unpaired) electrons. The maximum absolute atomic E-state index is 10.7. The average Bonchev–Trinajstić information content (AvgIpc) is 2.46. The van der Waals surface area contributed by atoms with Gasteiger partial charge in [-0.15, -0.1) is 0 Å². The summed E-state index contributed by atoms with van der Waals surface area (Å²) in [5, 5.41) is 22.7. The van der Waals surface area contributed by atoms with Gasteiger partial charge in [-0.25, -0.2) is 0 Å². The van der Waals surface area contributed by atoms with Gasteiger partial charge in [0, 0.05) is 28.8 Å². The van der Waals surface area contributed by atoms with Gasteiger partial charge in [-0.1, -0.05) is 12.1 Å². The number of nitro benzene ring substituents is 1. The molecule has 2 aromatic carbocycles. The van der Waals surface area contributed by atoms with Gasteiger partial charge < -0.3 is 5.32 Å². The highest BCUT2D eigenvalue weighted by Gasteiger charge is 2.06. The topological polar surface area (TPSA) is 79.0 Å². The van der Waals surface area contributed by atoms with Gasteiger partial charge in [0.05, 0.1) is 16.6 Å². The van der Waals surface area contributed by atoms with Crippen molar-refractivity contribution in [2.75, 3.05) is 5.32 Å². The number of nitrogens with zero attached hydrogens (tertiary/aromatic N) is 2. The molecule has 0 amide bonds. The van der Waals surface area contributed by atoms with Crippen LogP contribution in [0.4, 0.5) is 11.4 Å². The van der Waals surface area contributed by atoms with E-state index in [9.17, 15) is 10.1 Å². The van der Waals surface area contributed by atoms with Gasteiger partial charge in [-0.05, 0) is 39.7 Å². The van der Waals surface area contributed by atoms with Crippen LogP contribution < -0.4 is 5.32 Å². The van der Waals surface area contributed by atoms with Crippen molar-refractivity contribution >= 4 is 27.3 Å². The molecule has 6 heteroatoms. The van der Waals surface area contributed by atoms with E-state index in [4.69, 9.17) is 5.26 Å². The van der Waals surface area contributed by atoms with Gasteiger partial charge >= 0.3 is 0 Å². The minimum absolute atomic E-state index is 0.0724. The summed E-state index contributed by atoms with van der Waals surface area (Å²) in [4.78, 5) is 10.3. The Kier molecular flexibility index (Phi) is 4.33.